The highest BCUT2D eigenvalue weighted by molar-refractivity contribution is 6.42. The lowest BCUT2D eigenvalue weighted by Crippen LogP contribution is -2.65. The Morgan fingerprint density at radius 3 is 2.48 bits per heavy atom. The molecule has 0 saturated heterocycles. The SMILES string of the molecule is CC(=O)NC12C[C@@H]3C[C@@H](C1)CC(C(=O)N(C)Cc1cccc(Cl)c1Cl)(C3)C2. The smallest absolute Gasteiger partial charge is 0.228 e. The van der Waals surface area contributed by atoms with Gasteiger partial charge in [-0.05, 0) is 62.0 Å². The van der Waals surface area contributed by atoms with Crippen LogP contribution < -0.4 is 5.32 Å². The first kappa shape index (κ1) is 19.1. The lowest BCUT2D eigenvalue weighted by molar-refractivity contribution is -0.162. The summed E-state index contributed by atoms with van der Waals surface area (Å²) >= 11 is 12.4. The van der Waals surface area contributed by atoms with E-state index >= 15 is 0 Å². The van der Waals surface area contributed by atoms with Gasteiger partial charge in [-0.3, -0.25) is 9.59 Å². The van der Waals surface area contributed by atoms with Crippen LogP contribution in [0, 0.1) is 17.3 Å². The van der Waals surface area contributed by atoms with Gasteiger partial charge in [0.1, 0.15) is 0 Å². The van der Waals surface area contributed by atoms with E-state index in [1.807, 2.05) is 19.2 Å². The number of nitrogens with zero attached hydrogens (tertiary/aromatic N) is 1. The van der Waals surface area contributed by atoms with Crippen molar-refractivity contribution in [1.29, 1.82) is 0 Å². The average molecular weight is 409 g/mol. The van der Waals surface area contributed by atoms with E-state index in [0.29, 0.717) is 28.4 Å². The molecule has 1 aromatic carbocycles. The number of nitrogens with one attached hydrogen (secondary N) is 1. The molecule has 6 heteroatoms. The maximum absolute atomic E-state index is 13.6. The molecule has 0 spiro atoms. The molecule has 0 unspecified atom stereocenters. The van der Waals surface area contributed by atoms with Gasteiger partial charge in [-0.15, -0.1) is 0 Å². The number of rotatable bonds is 4. The summed E-state index contributed by atoms with van der Waals surface area (Å²) in [5.41, 5.74) is 0.313. The fourth-order valence-electron chi connectivity index (χ4n) is 6.44. The molecule has 4 saturated carbocycles. The maximum atomic E-state index is 13.6. The minimum atomic E-state index is -0.355. The van der Waals surface area contributed by atoms with Crippen LogP contribution in [0.2, 0.25) is 10.0 Å². The Hall–Kier alpha value is -1.26. The van der Waals surface area contributed by atoms with Crippen LogP contribution >= 0.6 is 23.2 Å². The molecule has 4 aliphatic rings. The minimum Gasteiger partial charge on any atom is -0.351 e. The number of carbonyl (C=O) groups is 2. The van der Waals surface area contributed by atoms with E-state index in [1.165, 1.54) is 6.42 Å². The van der Waals surface area contributed by atoms with Gasteiger partial charge in [-0.2, -0.15) is 0 Å². The molecule has 0 heterocycles. The van der Waals surface area contributed by atoms with Gasteiger partial charge in [-0.1, -0.05) is 35.3 Å². The first-order valence-corrected chi connectivity index (χ1v) is 10.4. The summed E-state index contributed by atoms with van der Waals surface area (Å²) in [5, 5.41) is 4.25. The first-order valence-electron chi connectivity index (χ1n) is 9.69. The van der Waals surface area contributed by atoms with Gasteiger partial charge < -0.3 is 10.2 Å². The molecular weight excluding hydrogens is 383 g/mol. The van der Waals surface area contributed by atoms with E-state index in [4.69, 9.17) is 23.2 Å². The third-order valence-electron chi connectivity index (χ3n) is 6.74. The van der Waals surface area contributed by atoms with Gasteiger partial charge in [0.2, 0.25) is 11.8 Å². The Morgan fingerprint density at radius 2 is 1.85 bits per heavy atom. The first-order chi connectivity index (χ1) is 12.7. The van der Waals surface area contributed by atoms with E-state index in [1.54, 1.807) is 17.9 Å². The molecule has 4 aliphatic carbocycles. The molecule has 5 rings (SSSR count). The zero-order chi connectivity index (χ0) is 19.4. The molecule has 0 aromatic heterocycles. The molecule has 27 heavy (non-hydrogen) atoms. The Balaban J connectivity index is 1.57. The molecule has 2 amide bonds. The van der Waals surface area contributed by atoms with E-state index in [0.717, 1.165) is 37.7 Å². The number of hydrogen-bond donors (Lipinski definition) is 1. The highest BCUT2D eigenvalue weighted by atomic mass is 35.5. The third-order valence-corrected chi connectivity index (χ3v) is 7.60. The second-order valence-electron chi connectivity index (χ2n) is 9.08. The largest absolute Gasteiger partial charge is 0.351 e. The van der Waals surface area contributed by atoms with Crippen molar-refractivity contribution in [2.45, 2.75) is 57.5 Å². The van der Waals surface area contributed by atoms with Crippen LogP contribution in [0.1, 0.15) is 51.0 Å². The van der Waals surface area contributed by atoms with Crippen LogP contribution in [-0.2, 0) is 16.1 Å². The number of carbonyl (C=O) groups excluding carboxylic acids is 2. The summed E-state index contributed by atoms with van der Waals surface area (Å²) in [6, 6.07) is 5.53. The topological polar surface area (TPSA) is 49.4 Å². The number of halogens is 2. The van der Waals surface area contributed by atoms with E-state index in [2.05, 4.69) is 5.32 Å². The van der Waals surface area contributed by atoms with E-state index in [9.17, 15) is 9.59 Å². The third kappa shape index (κ3) is 3.36. The lowest BCUT2D eigenvalue weighted by Gasteiger charge is -2.61. The fourth-order valence-corrected chi connectivity index (χ4v) is 6.82. The summed E-state index contributed by atoms with van der Waals surface area (Å²) in [6.45, 7) is 2.03. The molecule has 1 aromatic rings. The van der Waals surface area contributed by atoms with Gasteiger partial charge in [0, 0.05) is 26.1 Å². The van der Waals surface area contributed by atoms with Crippen LogP contribution in [-0.4, -0.2) is 29.3 Å². The van der Waals surface area contributed by atoms with Gasteiger partial charge >= 0.3 is 0 Å². The molecular formula is C21H26Cl2N2O2. The van der Waals surface area contributed by atoms with Crippen LogP contribution in [0.15, 0.2) is 18.2 Å². The van der Waals surface area contributed by atoms with E-state index < -0.39 is 0 Å². The van der Waals surface area contributed by atoms with Gasteiger partial charge in [0.15, 0.2) is 0 Å². The van der Waals surface area contributed by atoms with Gasteiger partial charge in [-0.25, -0.2) is 0 Å². The fraction of sp³-hybridized carbons (Fsp3) is 0.619. The summed E-state index contributed by atoms with van der Waals surface area (Å²) in [4.78, 5) is 27.2. The number of amides is 2. The van der Waals surface area contributed by atoms with Crippen LogP contribution in [0.4, 0.5) is 0 Å². The zero-order valence-corrected chi connectivity index (χ0v) is 17.4. The van der Waals surface area contributed by atoms with Crippen molar-refractivity contribution in [3.8, 4) is 0 Å². The molecule has 0 radical (unpaired) electrons. The van der Waals surface area contributed by atoms with Crippen LogP contribution in [0.3, 0.4) is 0 Å². The van der Waals surface area contributed by atoms with Crippen molar-refractivity contribution in [2.24, 2.45) is 17.3 Å². The second kappa shape index (κ2) is 6.66. The van der Waals surface area contributed by atoms with Crippen molar-refractivity contribution < 1.29 is 9.59 Å². The second-order valence-corrected chi connectivity index (χ2v) is 9.86. The van der Waals surface area contributed by atoms with Gasteiger partial charge in [0.05, 0.1) is 15.5 Å². The quantitative estimate of drug-likeness (QED) is 0.800. The van der Waals surface area contributed by atoms with E-state index in [-0.39, 0.29) is 22.8 Å². The normalized spacial score (nSPS) is 33.8. The van der Waals surface area contributed by atoms with Crippen molar-refractivity contribution in [1.82, 2.24) is 10.2 Å². The molecule has 2 atom stereocenters. The Morgan fingerprint density at radius 1 is 1.19 bits per heavy atom. The van der Waals surface area contributed by atoms with Gasteiger partial charge in [0.25, 0.3) is 0 Å². The predicted octanol–water partition coefficient (Wildman–Crippen LogP) is 4.43. The summed E-state index contributed by atoms with van der Waals surface area (Å²) < 4.78 is 0. The molecule has 4 fully saturated rings. The minimum absolute atomic E-state index is 0.0126. The molecule has 4 nitrogen and oxygen atoms in total. The van der Waals surface area contributed by atoms with Crippen molar-refractivity contribution in [3.63, 3.8) is 0 Å². The monoisotopic (exact) mass is 408 g/mol. The van der Waals surface area contributed by atoms with Crippen molar-refractivity contribution in [2.75, 3.05) is 7.05 Å². The molecule has 146 valence electrons. The summed E-state index contributed by atoms with van der Waals surface area (Å²) in [6.07, 6.45) is 5.87. The van der Waals surface area contributed by atoms with Crippen molar-refractivity contribution >= 4 is 35.0 Å². The number of hydrogen-bond acceptors (Lipinski definition) is 2. The Kier molecular flexibility index (Phi) is 4.71. The molecule has 4 bridgehead atoms. The Labute approximate surface area is 170 Å². The number of benzene rings is 1. The Bertz CT molecular complexity index is 780. The van der Waals surface area contributed by atoms with Crippen molar-refractivity contribution in [3.05, 3.63) is 33.8 Å². The lowest BCUT2D eigenvalue weighted by atomic mass is 9.46. The maximum Gasteiger partial charge on any atom is 0.228 e. The molecule has 0 aliphatic heterocycles. The summed E-state index contributed by atoms with van der Waals surface area (Å²) in [7, 11) is 1.85. The average Bonchev–Trinajstić information content (AvgIpc) is 2.55. The highest BCUT2D eigenvalue weighted by Crippen LogP contribution is 2.62. The summed E-state index contributed by atoms with van der Waals surface area (Å²) in [5.74, 6) is 1.26. The zero-order valence-electron chi connectivity index (χ0n) is 15.9. The standard InChI is InChI=1S/C21H26Cl2N2O2/c1-13(26)24-21-9-14-6-15(10-21)8-20(7-14,12-21)19(27)25(2)11-16-4-3-5-17(22)18(16)23/h3-5,14-15H,6-12H2,1-2H3,(H,24,26)/t14-,15-,20?,21?/m1/s1. The molecule has 1 N–H and O–H groups in total. The van der Waals surface area contributed by atoms with Crippen LogP contribution in [0.5, 0.6) is 0 Å². The van der Waals surface area contributed by atoms with Crippen LogP contribution in [0.25, 0.3) is 0 Å². The predicted molar refractivity (Wildman–Crippen MR) is 107 cm³/mol. The highest BCUT2D eigenvalue weighted by Gasteiger charge is 2.61.